The van der Waals surface area contributed by atoms with Gasteiger partial charge in [0.05, 0.1) is 12.0 Å². The largest absolute Gasteiger partial charge is 0.548 e. The van der Waals surface area contributed by atoms with Gasteiger partial charge in [0.25, 0.3) is 5.91 Å². The Kier molecular flexibility index (Phi) is 5.54. The molecule has 0 saturated heterocycles. The van der Waals surface area contributed by atoms with Crippen molar-refractivity contribution in [2.45, 2.75) is 32.4 Å². The molecule has 0 bridgehead atoms. The molecule has 0 aromatic heterocycles. The summed E-state index contributed by atoms with van der Waals surface area (Å²) in [4.78, 5) is 37.0. The third-order valence-electron chi connectivity index (χ3n) is 4.70. The van der Waals surface area contributed by atoms with Crippen LogP contribution < -0.4 is 9.84 Å². The first kappa shape index (κ1) is 18.6. The zero-order valence-corrected chi connectivity index (χ0v) is 15.0. The normalized spacial score (nSPS) is 15.7. The minimum Gasteiger partial charge on any atom is -0.548 e. The zero-order chi connectivity index (χ0) is 19.4. The summed E-state index contributed by atoms with van der Waals surface area (Å²) >= 11 is 0. The van der Waals surface area contributed by atoms with E-state index in [0.29, 0.717) is 17.7 Å². The lowest BCUT2D eigenvalue weighted by Crippen LogP contribution is -2.54. The molecule has 3 rings (SSSR count). The fourth-order valence-corrected chi connectivity index (χ4v) is 3.16. The number of carboxylic acids is 1. The van der Waals surface area contributed by atoms with Gasteiger partial charge in [0, 0.05) is 18.5 Å². The number of hydrogen-bond acceptors (Lipinski definition) is 5. The first-order valence-electron chi connectivity index (χ1n) is 8.82. The maximum absolute atomic E-state index is 12.6. The molecule has 2 aromatic rings. The van der Waals surface area contributed by atoms with E-state index in [1.807, 2.05) is 24.3 Å². The molecule has 0 spiro atoms. The van der Waals surface area contributed by atoms with Gasteiger partial charge in [0.15, 0.2) is 12.4 Å². The highest BCUT2D eigenvalue weighted by atomic mass is 16.5. The number of hydrogen-bond donors (Lipinski definition) is 0. The van der Waals surface area contributed by atoms with Crippen LogP contribution in [0.15, 0.2) is 48.5 Å². The van der Waals surface area contributed by atoms with Crippen molar-refractivity contribution in [3.8, 4) is 5.75 Å². The molecule has 1 heterocycles. The molecule has 1 amide bonds. The summed E-state index contributed by atoms with van der Waals surface area (Å²) in [5.74, 6) is -1.23. The van der Waals surface area contributed by atoms with Gasteiger partial charge < -0.3 is 19.5 Å². The molecular formula is C21H20NO5-. The standard InChI is InChI=1S/C21H21NO5/c1-2-19(23)14-7-9-17(10-8-14)27-13-20(24)22-12-16-6-4-3-5-15(16)11-18(22)21(25)26/h3-10,18H,2,11-13H2,1H3,(H,25,26)/p-1/t18-/m0/s1. The lowest BCUT2D eigenvalue weighted by molar-refractivity contribution is -0.311. The Morgan fingerprint density at radius 1 is 1.07 bits per heavy atom. The second kappa shape index (κ2) is 8.03. The van der Waals surface area contributed by atoms with Gasteiger partial charge >= 0.3 is 0 Å². The lowest BCUT2D eigenvalue weighted by Gasteiger charge is -2.37. The predicted octanol–water partition coefficient (Wildman–Crippen LogP) is 1.36. The SMILES string of the molecule is CCC(=O)c1ccc(OCC(=O)N2Cc3ccccc3C[C@H]2C(=O)[O-])cc1. The highest BCUT2D eigenvalue weighted by Gasteiger charge is 2.30. The minimum atomic E-state index is -1.28. The predicted molar refractivity (Wildman–Crippen MR) is 96.0 cm³/mol. The quantitative estimate of drug-likeness (QED) is 0.721. The zero-order valence-electron chi connectivity index (χ0n) is 15.0. The van der Waals surface area contributed by atoms with E-state index >= 15 is 0 Å². The summed E-state index contributed by atoms with van der Waals surface area (Å²) in [6.07, 6.45) is 0.637. The molecule has 27 heavy (non-hydrogen) atoms. The molecule has 140 valence electrons. The number of amides is 1. The highest BCUT2D eigenvalue weighted by molar-refractivity contribution is 5.95. The maximum atomic E-state index is 12.6. The van der Waals surface area contributed by atoms with E-state index in [-0.39, 0.29) is 25.4 Å². The summed E-state index contributed by atoms with van der Waals surface area (Å²) in [6, 6.07) is 13.0. The first-order chi connectivity index (χ1) is 13.0. The topological polar surface area (TPSA) is 86.7 Å². The van der Waals surface area contributed by atoms with Crippen molar-refractivity contribution in [1.82, 2.24) is 4.90 Å². The summed E-state index contributed by atoms with van der Waals surface area (Å²) < 4.78 is 5.49. The molecule has 1 aliphatic rings. The maximum Gasteiger partial charge on any atom is 0.261 e. The van der Waals surface area contributed by atoms with Gasteiger partial charge in [-0.3, -0.25) is 9.59 Å². The molecule has 0 radical (unpaired) electrons. The Hall–Kier alpha value is -3.15. The van der Waals surface area contributed by atoms with Crippen molar-refractivity contribution in [3.63, 3.8) is 0 Å². The molecule has 1 aliphatic heterocycles. The van der Waals surface area contributed by atoms with Crippen LogP contribution in [0, 0.1) is 0 Å². The first-order valence-corrected chi connectivity index (χ1v) is 8.82. The molecule has 2 aromatic carbocycles. The van der Waals surface area contributed by atoms with Gasteiger partial charge in [-0.2, -0.15) is 0 Å². The Morgan fingerprint density at radius 2 is 1.74 bits per heavy atom. The third-order valence-corrected chi connectivity index (χ3v) is 4.70. The van der Waals surface area contributed by atoms with Gasteiger partial charge in [-0.25, -0.2) is 0 Å². The number of carbonyl (C=O) groups excluding carboxylic acids is 3. The summed E-state index contributed by atoms with van der Waals surface area (Å²) in [5.41, 5.74) is 2.42. The molecule has 1 atom stereocenters. The Balaban J connectivity index is 1.67. The fourth-order valence-electron chi connectivity index (χ4n) is 3.16. The second-order valence-corrected chi connectivity index (χ2v) is 6.42. The smallest absolute Gasteiger partial charge is 0.261 e. The van der Waals surface area contributed by atoms with Crippen LogP contribution in [0.1, 0.15) is 34.8 Å². The van der Waals surface area contributed by atoms with Crippen molar-refractivity contribution >= 4 is 17.7 Å². The van der Waals surface area contributed by atoms with Gasteiger partial charge in [0.2, 0.25) is 0 Å². The van der Waals surface area contributed by atoms with Crippen LogP contribution in [0.25, 0.3) is 0 Å². The van der Waals surface area contributed by atoms with Crippen molar-refractivity contribution < 1.29 is 24.2 Å². The number of carbonyl (C=O) groups is 3. The molecule has 0 N–H and O–H groups in total. The number of ether oxygens (including phenoxy) is 1. The number of nitrogens with zero attached hydrogens (tertiary/aromatic N) is 1. The lowest BCUT2D eigenvalue weighted by atomic mass is 9.94. The summed E-state index contributed by atoms with van der Waals surface area (Å²) in [6.45, 7) is 1.71. The van der Waals surface area contributed by atoms with Crippen LogP contribution in [0.5, 0.6) is 5.75 Å². The minimum absolute atomic E-state index is 0.0291. The molecule has 6 nitrogen and oxygen atoms in total. The van der Waals surface area contributed by atoms with Crippen LogP contribution in [-0.4, -0.2) is 35.2 Å². The number of aliphatic carboxylic acids is 1. The average Bonchev–Trinajstić information content (AvgIpc) is 2.70. The second-order valence-electron chi connectivity index (χ2n) is 6.42. The summed E-state index contributed by atoms with van der Waals surface area (Å²) in [7, 11) is 0. The highest BCUT2D eigenvalue weighted by Crippen LogP contribution is 2.23. The van der Waals surface area contributed by atoms with Gasteiger partial charge in [-0.1, -0.05) is 31.2 Å². The van der Waals surface area contributed by atoms with E-state index < -0.39 is 17.9 Å². The van der Waals surface area contributed by atoms with E-state index in [1.165, 1.54) is 4.90 Å². The van der Waals surface area contributed by atoms with E-state index in [9.17, 15) is 19.5 Å². The number of ketones is 1. The molecule has 0 unspecified atom stereocenters. The van der Waals surface area contributed by atoms with E-state index in [4.69, 9.17) is 4.74 Å². The fraction of sp³-hybridized carbons (Fsp3) is 0.286. The number of benzene rings is 2. The van der Waals surface area contributed by atoms with Crippen LogP contribution in [0.3, 0.4) is 0 Å². The summed E-state index contributed by atoms with van der Waals surface area (Å²) in [5, 5.41) is 11.5. The molecule has 6 heteroatoms. The number of rotatable bonds is 6. The third kappa shape index (κ3) is 4.16. The van der Waals surface area contributed by atoms with Crippen LogP contribution in [0.2, 0.25) is 0 Å². The Labute approximate surface area is 157 Å². The van der Waals surface area contributed by atoms with Crippen molar-refractivity contribution in [1.29, 1.82) is 0 Å². The number of carboxylic acid groups (broad SMARTS) is 1. The van der Waals surface area contributed by atoms with E-state index in [1.54, 1.807) is 31.2 Å². The average molecular weight is 366 g/mol. The molecule has 0 fully saturated rings. The molecular weight excluding hydrogens is 346 g/mol. The van der Waals surface area contributed by atoms with Crippen LogP contribution in [0.4, 0.5) is 0 Å². The van der Waals surface area contributed by atoms with Crippen molar-refractivity contribution in [2.75, 3.05) is 6.61 Å². The Bertz CT molecular complexity index is 859. The number of Topliss-reactive ketones (excluding diaryl/α,β-unsaturated/α-hetero) is 1. The van der Waals surface area contributed by atoms with Crippen molar-refractivity contribution in [2.24, 2.45) is 0 Å². The van der Waals surface area contributed by atoms with Gasteiger partial charge in [-0.15, -0.1) is 0 Å². The van der Waals surface area contributed by atoms with E-state index in [0.717, 1.165) is 11.1 Å². The van der Waals surface area contributed by atoms with E-state index in [2.05, 4.69) is 0 Å². The van der Waals surface area contributed by atoms with Gasteiger partial charge in [-0.05, 0) is 41.8 Å². The van der Waals surface area contributed by atoms with Gasteiger partial charge in [0.1, 0.15) is 5.75 Å². The van der Waals surface area contributed by atoms with Crippen LogP contribution >= 0.6 is 0 Å². The molecule has 0 aliphatic carbocycles. The van der Waals surface area contributed by atoms with Crippen LogP contribution in [-0.2, 0) is 22.6 Å². The van der Waals surface area contributed by atoms with Crippen molar-refractivity contribution in [3.05, 3.63) is 65.2 Å². The number of fused-ring (bicyclic) bond motifs is 1. The molecule has 0 saturated carbocycles. The Morgan fingerprint density at radius 3 is 2.37 bits per heavy atom. The monoisotopic (exact) mass is 366 g/mol.